The highest BCUT2D eigenvalue weighted by Crippen LogP contribution is 2.30. The Balaban J connectivity index is 0.00000161. The van der Waals surface area contributed by atoms with Crippen molar-refractivity contribution in [2.24, 2.45) is 5.92 Å². The highest BCUT2D eigenvalue weighted by molar-refractivity contribution is 5.96. The van der Waals surface area contributed by atoms with Gasteiger partial charge in [0.1, 0.15) is 5.75 Å². The normalized spacial score (nSPS) is 20.7. The molecule has 1 saturated carbocycles. The maximum Gasteiger partial charge on any atom is 0.255 e. The standard InChI is InChI=1S/C16H22N2O2.ClH/c19-16(18-10-13-4-3-9-17-13)14-5-1-2-6-15(14)20-11-12-7-8-12;/h1-2,5-6,12-13,17H,3-4,7-11H2,(H,18,19);1H. The van der Waals surface area contributed by atoms with Crippen LogP contribution in [-0.2, 0) is 0 Å². The minimum atomic E-state index is -0.0369. The Kier molecular flexibility index (Phi) is 5.88. The minimum Gasteiger partial charge on any atom is -0.492 e. The third-order valence-corrected chi connectivity index (χ3v) is 3.97. The van der Waals surface area contributed by atoms with E-state index in [2.05, 4.69) is 10.6 Å². The summed E-state index contributed by atoms with van der Waals surface area (Å²) in [7, 11) is 0. The fraction of sp³-hybridized carbons (Fsp3) is 0.562. The Labute approximate surface area is 132 Å². The van der Waals surface area contributed by atoms with Gasteiger partial charge >= 0.3 is 0 Å². The van der Waals surface area contributed by atoms with Crippen molar-refractivity contribution in [2.75, 3.05) is 19.7 Å². The van der Waals surface area contributed by atoms with Gasteiger partial charge in [-0.15, -0.1) is 12.4 Å². The van der Waals surface area contributed by atoms with Crippen LogP contribution in [0.15, 0.2) is 24.3 Å². The molecule has 4 nitrogen and oxygen atoms in total. The van der Waals surface area contributed by atoms with Crippen molar-refractivity contribution in [2.45, 2.75) is 31.7 Å². The number of hydrogen-bond donors (Lipinski definition) is 2. The van der Waals surface area contributed by atoms with Gasteiger partial charge in [0, 0.05) is 12.6 Å². The van der Waals surface area contributed by atoms with Gasteiger partial charge < -0.3 is 15.4 Å². The lowest BCUT2D eigenvalue weighted by Crippen LogP contribution is -2.37. The number of ether oxygens (including phenoxy) is 1. The molecule has 0 aromatic heterocycles. The monoisotopic (exact) mass is 310 g/mol. The van der Waals surface area contributed by atoms with E-state index in [1.165, 1.54) is 19.3 Å². The smallest absolute Gasteiger partial charge is 0.255 e. The molecule has 1 aromatic carbocycles. The van der Waals surface area contributed by atoms with Crippen molar-refractivity contribution in [3.8, 4) is 5.75 Å². The van der Waals surface area contributed by atoms with E-state index in [1.807, 2.05) is 24.3 Å². The fourth-order valence-electron chi connectivity index (χ4n) is 2.51. The average molecular weight is 311 g/mol. The third-order valence-electron chi connectivity index (χ3n) is 3.97. The quantitative estimate of drug-likeness (QED) is 0.848. The first-order valence-corrected chi connectivity index (χ1v) is 7.56. The molecule has 1 aliphatic heterocycles. The van der Waals surface area contributed by atoms with Crippen molar-refractivity contribution >= 4 is 18.3 Å². The maximum atomic E-state index is 12.3. The topological polar surface area (TPSA) is 50.4 Å². The zero-order chi connectivity index (χ0) is 13.8. The Morgan fingerprint density at radius 1 is 1.29 bits per heavy atom. The molecule has 1 heterocycles. The zero-order valence-electron chi connectivity index (χ0n) is 12.1. The fourth-order valence-corrected chi connectivity index (χ4v) is 2.51. The van der Waals surface area contributed by atoms with Crippen LogP contribution in [0.1, 0.15) is 36.0 Å². The van der Waals surface area contributed by atoms with E-state index < -0.39 is 0 Å². The lowest BCUT2D eigenvalue weighted by molar-refractivity contribution is 0.0946. The van der Waals surface area contributed by atoms with Crippen LogP contribution >= 0.6 is 12.4 Å². The molecule has 21 heavy (non-hydrogen) atoms. The van der Waals surface area contributed by atoms with Crippen molar-refractivity contribution in [3.63, 3.8) is 0 Å². The molecule has 0 spiro atoms. The molecule has 2 fully saturated rings. The molecule has 0 bridgehead atoms. The molecule has 3 rings (SSSR count). The highest BCUT2D eigenvalue weighted by atomic mass is 35.5. The van der Waals surface area contributed by atoms with Crippen LogP contribution in [0.2, 0.25) is 0 Å². The van der Waals surface area contributed by atoms with Gasteiger partial charge in [-0.25, -0.2) is 0 Å². The summed E-state index contributed by atoms with van der Waals surface area (Å²) in [6.45, 7) is 2.48. The first kappa shape index (κ1) is 16.1. The summed E-state index contributed by atoms with van der Waals surface area (Å²) in [5.41, 5.74) is 0.645. The first-order chi connectivity index (χ1) is 9.83. The second-order valence-corrected chi connectivity index (χ2v) is 5.75. The zero-order valence-corrected chi connectivity index (χ0v) is 13.0. The van der Waals surface area contributed by atoms with Crippen LogP contribution in [0.25, 0.3) is 0 Å². The molecule has 0 radical (unpaired) electrons. The van der Waals surface area contributed by atoms with E-state index in [9.17, 15) is 4.79 Å². The average Bonchev–Trinajstić information content (AvgIpc) is 3.17. The van der Waals surface area contributed by atoms with Crippen LogP contribution in [0.5, 0.6) is 5.75 Å². The van der Waals surface area contributed by atoms with E-state index in [4.69, 9.17) is 4.74 Å². The number of rotatable bonds is 6. The molecule has 2 aliphatic rings. The number of hydrogen-bond acceptors (Lipinski definition) is 3. The lowest BCUT2D eigenvalue weighted by atomic mass is 10.1. The second kappa shape index (κ2) is 7.66. The molecular formula is C16H23ClN2O2. The van der Waals surface area contributed by atoms with E-state index in [1.54, 1.807) is 0 Å². The summed E-state index contributed by atoms with van der Waals surface area (Å²) < 4.78 is 5.78. The van der Waals surface area contributed by atoms with Gasteiger partial charge in [-0.05, 0) is 50.3 Å². The van der Waals surface area contributed by atoms with Crippen molar-refractivity contribution in [3.05, 3.63) is 29.8 Å². The van der Waals surface area contributed by atoms with Gasteiger partial charge in [0.25, 0.3) is 5.91 Å². The predicted octanol–water partition coefficient (Wildman–Crippen LogP) is 2.38. The Hall–Kier alpha value is -1.26. The Bertz CT molecular complexity index is 471. The van der Waals surface area contributed by atoms with Crippen LogP contribution in [0.4, 0.5) is 0 Å². The number of nitrogens with one attached hydrogen (secondary N) is 2. The van der Waals surface area contributed by atoms with Gasteiger partial charge in [0.15, 0.2) is 0 Å². The summed E-state index contributed by atoms with van der Waals surface area (Å²) >= 11 is 0. The highest BCUT2D eigenvalue weighted by Gasteiger charge is 2.23. The molecule has 2 N–H and O–H groups in total. The molecular weight excluding hydrogens is 288 g/mol. The van der Waals surface area contributed by atoms with Crippen molar-refractivity contribution in [1.29, 1.82) is 0 Å². The lowest BCUT2D eigenvalue weighted by Gasteiger charge is -2.14. The number of carbonyl (C=O) groups is 1. The van der Waals surface area contributed by atoms with Crippen LogP contribution in [-0.4, -0.2) is 31.6 Å². The van der Waals surface area contributed by atoms with E-state index >= 15 is 0 Å². The number of halogens is 1. The van der Waals surface area contributed by atoms with Gasteiger partial charge in [0.2, 0.25) is 0 Å². The van der Waals surface area contributed by atoms with E-state index in [0.717, 1.165) is 19.6 Å². The second-order valence-electron chi connectivity index (χ2n) is 5.75. The number of amides is 1. The number of para-hydroxylation sites is 1. The minimum absolute atomic E-state index is 0. The Morgan fingerprint density at radius 3 is 2.81 bits per heavy atom. The van der Waals surface area contributed by atoms with Crippen LogP contribution < -0.4 is 15.4 Å². The predicted molar refractivity (Wildman–Crippen MR) is 85.3 cm³/mol. The van der Waals surface area contributed by atoms with E-state index in [-0.39, 0.29) is 18.3 Å². The summed E-state index contributed by atoms with van der Waals surface area (Å²) in [6.07, 6.45) is 4.84. The molecule has 1 atom stereocenters. The summed E-state index contributed by atoms with van der Waals surface area (Å²) in [4.78, 5) is 12.3. The van der Waals surface area contributed by atoms with Crippen molar-refractivity contribution < 1.29 is 9.53 Å². The summed E-state index contributed by atoms with van der Waals surface area (Å²) in [5, 5.41) is 6.38. The van der Waals surface area contributed by atoms with Crippen molar-refractivity contribution in [1.82, 2.24) is 10.6 Å². The van der Waals surface area contributed by atoms with Gasteiger partial charge in [-0.1, -0.05) is 12.1 Å². The summed E-state index contributed by atoms with van der Waals surface area (Å²) in [6, 6.07) is 7.92. The molecule has 1 amide bonds. The summed E-state index contributed by atoms with van der Waals surface area (Å²) in [5.74, 6) is 1.36. The Morgan fingerprint density at radius 2 is 2.10 bits per heavy atom. The number of carbonyl (C=O) groups excluding carboxylic acids is 1. The maximum absolute atomic E-state index is 12.3. The van der Waals surface area contributed by atoms with Gasteiger partial charge in [-0.2, -0.15) is 0 Å². The third kappa shape index (κ3) is 4.61. The molecule has 1 aromatic rings. The van der Waals surface area contributed by atoms with Gasteiger partial charge in [0.05, 0.1) is 12.2 Å². The molecule has 116 valence electrons. The number of benzene rings is 1. The molecule has 1 aliphatic carbocycles. The molecule has 1 saturated heterocycles. The van der Waals surface area contributed by atoms with Crippen LogP contribution in [0.3, 0.4) is 0 Å². The van der Waals surface area contributed by atoms with Gasteiger partial charge in [-0.3, -0.25) is 4.79 Å². The first-order valence-electron chi connectivity index (χ1n) is 7.56. The molecule has 1 unspecified atom stereocenters. The SMILES string of the molecule is Cl.O=C(NCC1CCCN1)c1ccccc1OCC1CC1. The van der Waals surface area contributed by atoms with E-state index in [0.29, 0.717) is 29.8 Å². The molecule has 5 heteroatoms. The largest absolute Gasteiger partial charge is 0.492 e. The van der Waals surface area contributed by atoms with Crippen LogP contribution in [0, 0.1) is 5.92 Å².